The first-order valence-corrected chi connectivity index (χ1v) is 11.8. The second kappa shape index (κ2) is 10.1. The maximum atomic E-state index is 11.6. The molecule has 3 heterocycles. The molecule has 1 atom stereocenters. The maximum Gasteiger partial charge on any atom is 0.316 e. The number of aryl methyl sites for hydroxylation is 2. The molecule has 0 amide bonds. The number of rotatable bonds is 9. The van der Waals surface area contributed by atoms with Crippen LogP contribution in [0.15, 0.2) is 48.9 Å². The molecule has 1 aliphatic carbocycles. The minimum atomic E-state index is -0.940. The zero-order valence-electron chi connectivity index (χ0n) is 19.6. The van der Waals surface area contributed by atoms with Crippen LogP contribution in [0.25, 0.3) is 10.9 Å². The Kier molecular flexibility index (Phi) is 6.56. The molecule has 0 fully saturated rings. The van der Waals surface area contributed by atoms with Crippen LogP contribution in [-0.4, -0.2) is 49.5 Å². The van der Waals surface area contributed by atoms with Gasteiger partial charge in [-0.15, -0.1) is 0 Å². The van der Waals surface area contributed by atoms with E-state index >= 15 is 0 Å². The standard InChI is InChI=1S/C26H27N5O4/c1-34-26-27-14-19(15-28-26)24(13-25(32)33)31-23-9-8-21(12-18(23)16-29-31)35-11-10-20-7-6-17-4-2-3-5-22(17)30-20/h6-9,12,14-16,24H,2-5,10-11,13H2,1H3,(H,32,33). The van der Waals surface area contributed by atoms with Gasteiger partial charge in [-0.3, -0.25) is 14.5 Å². The second-order valence-electron chi connectivity index (χ2n) is 8.64. The number of aliphatic carboxylic acids is 1. The number of aromatic nitrogens is 5. The van der Waals surface area contributed by atoms with E-state index < -0.39 is 12.0 Å². The fourth-order valence-electron chi connectivity index (χ4n) is 4.52. The smallest absolute Gasteiger partial charge is 0.316 e. The summed E-state index contributed by atoms with van der Waals surface area (Å²) in [6.45, 7) is 0.524. The Morgan fingerprint density at radius 3 is 2.74 bits per heavy atom. The molecule has 0 aliphatic heterocycles. The summed E-state index contributed by atoms with van der Waals surface area (Å²) >= 11 is 0. The summed E-state index contributed by atoms with van der Waals surface area (Å²) in [5.41, 5.74) is 5.11. The quantitative estimate of drug-likeness (QED) is 0.391. The van der Waals surface area contributed by atoms with Gasteiger partial charge in [0.1, 0.15) is 5.75 Å². The van der Waals surface area contributed by atoms with Gasteiger partial charge in [-0.25, -0.2) is 9.97 Å². The molecule has 0 bridgehead atoms. The van der Waals surface area contributed by atoms with Crippen LogP contribution in [0, 0.1) is 0 Å². The van der Waals surface area contributed by atoms with E-state index in [4.69, 9.17) is 14.5 Å². The predicted molar refractivity (Wildman–Crippen MR) is 129 cm³/mol. The molecule has 0 spiro atoms. The number of hydrogen-bond acceptors (Lipinski definition) is 7. The lowest BCUT2D eigenvalue weighted by molar-refractivity contribution is -0.137. The van der Waals surface area contributed by atoms with Gasteiger partial charge in [0.05, 0.1) is 37.9 Å². The van der Waals surface area contributed by atoms with Gasteiger partial charge in [-0.2, -0.15) is 5.10 Å². The van der Waals surface area contributed by atoms with Crippen molar-refractivity contribution in [3.63, 3.8) is 0 Å². The third kappa shape index (κ3) is 5.08. The van der Waals surface area contributed by atoms with Crippen molar-refractivity contribution in [2.75, 3.05) is 13.7 Å². The number of methoxy groups -OCH3 is 1. The Balaban J connectivity index is 1.30. The monoisotopic (exact) mass is 473 g/mol. The normalized spacial score (nSPS) is 13.9. The Labute approximate surface area is 202 Å². The van der Waals surface area contributed by atoms with Crippen LogP contribution < -0.4 is 9.47 Å². The molecule has 3 aromatic heterocycles. The highest BCUT2D eigenvalue weighted by atomic mass is 16.5. The average molecular weight is 474 g/mol. The summed E-state index contributed by atoms with van der Waals surface area (Å²) in [5.74, 6) is -0.206. The van der Waals surface area contributed by atoms with Crippen molar-refractivity contribution in [2.24, 2.45) is 0 Å². The zero-order valence-corrected chi connectivity index (χ0v) is 19.6. The van der Waals surface area contributed by atoms with Crippen molar-refractivity contribution >= 4 is 16.9 Å². The number of nitrogens with zero attached hydrogens (tertiary/aromatic N) is 5. The van der Waals surface area contributed by atoms with Gasteiger partial charge in [-0.1, -0.05) is 6.07 Å². The molecule has 9 nitrogen and oxygen atoms in total. The molecule has 0 saturated heterocycles. The molecule has 0 radical (unpaired) electrons. The highest BCUT2D eigenvalue weighted by molar-refractivity contribution is 5.81. The predicted octanol–water partition coefficient (Wildman–Crippen LogP) is 3.79. The van der Waals surface area contributed by atoms with E-state index in [-0.39, 0.29) is 12.4 Å². The molecule has 180 valence electrons. The van der Waals surface area contributed by atoms with E-state index in [1.807, 2.05) is 18.2 Å². The van der Waals surface area contributed by atoms with Gasteiger partial charge in [-0.05, 0) is 55.5 Å². The van der Waals surface area contributed by atoms with Crippen LogP contribution in [0.4, 0.5) is 0 Å². The molecule has 9 heteroatoms. The molecule has 4 aromatic rings. The minimum Gasteiger partial charge on any atom is -0.493 e. The first-order chi connectivity index (χ1) is 17.1. The third-order valence-electron chi connectivity index (χ3n) is 6.31. The van der Waals surface area contributed by atoms with Crippen molar-refractivity contribution in [3.8, 4) is 11.8 Å². The number of ether oxygens (including phenoxy) is 2. The van der Waals surface area contributed by atoms with Gasteiger partial charge in [0.15, 0.2) is 0 Å². The van der Waals surface area contributed by atoms with Crippen molar-refractivity contribution in [2.45, 2.75) is 44.6 Å². The van der Waals surface area contributed by atoms with Gasteiger partial charge < -0.3 is 14.6 Å². The topological polar surface area (TPSA) is 112 Å². The number of carboxylic acid groups (broad SMARTS) is 1. The highest BCUT2D eigenvalue weighted by Gasteiger charge is 2.22. The third-order valence-corrected chi connectivity index (χ3v) is 6.31. The van der Waals surface area contributed by atoms with Crippen LogP contribution in [-0.2, 0) is 24.1 Å². The molecular formula is C26H27N5O4. The minimum absolute atomic E-state index is 0.154. The molecule has 1 N–H and O–H groups in total. The summed E-state index contributed by atoms with van der Waals surface area (Å²) in [5, 5.41) is 14.8. The lowest BCUT2D eigenvalue weighted by Crippen LogP contribution is -2.17. The summed E-state index contributed by atoms with van der Waals surface area (Å²) < 4.78 is 12.7. The Morgan fingerprint density at radius 1 is 1.11 bits per heavy atom. The number of fused-ring (bicyclic) bond motifs is 2. The van der Waals surface area contributed by atoms with E-state index in [0.717, 1.165) is 41.6 Å². The molecule has 1 unspecified atom stereocenters. The Bertz CT molecular complexity index is 1340. The van der Waals surface area contributed by atoms with Crippen molar-refractivity contribution in [1.29, 1.82) is 0 Å². The van der Waals surface area contributed by atoms with Crippen molar-refractivity contribution < 1.29 is 19.4 Å². The first kappa shape index (κ1) is 22.8. The van der Waals surface area contributed by atoms with E-state index in [2.05, 4.69) is 27.2 Å². The molecule has 0 saturated carbocycles. The van der Waals surface area contributed by atoms with Gasteiger partial charge in [0.25, 0.3) is 0 Å². The molecular weight excluding hydrogens is 446 g/mol. The van der Waals surface area contributed by atoms with E-state index in [0.29, 0.717) is 12.2 Å². The van der Waals surface area contributed by atoms with Crippen LogP contribution >= 0.6 is 0 Å². The van der Waals surface area contributed by atoms with Crippen LogP contribution in [0.3, 0.4) is 0 Å². The van der Waals surface area contributed by atoms with Gasteiger partial charge in [0, 0.05) is 41.2 Å². The van der Waals surface area contributed by atoms with E-state index in [1.54, 1.807) is 23.3 Å². The number of carbonyl (C=O) groups is 1. The average Bonchev–Trinajstić information content (AvgIpc) is 3.30. The van der Waals surface area contributed by atoms with Crippen LogP contribution in [0.2, 0.25) is 0 Å². The van der Waals surface area contributed by atoms with E-state index in [1.165, 1.54) is 31.2 Å². The molecule has 35 heavy (non-hydrogen) atoms. The summed E-state index contributed by atoms with van der Waals surface area (Å²) in [6, 6.07) is 9.67. The number of pyridine rings is 1. The van der Waals surface area contributed by atoms with Crippen molar-refractivity contribution in [3.05, 3.63) is 71.4 Å². The second-order valence-corrected chi connectivity index (χ2v) is 8.64. The first-order valence-electron chi connectivity index (χ1n) is 11.8. The fourth-order valence-corrected chi connectivity index (χ4v) is 4.52. The number of carboxylic acids is 1. The van der Waals surface area contributed by atoms with Crippen LogP contribution in [0.1, 0.15) is 47.8 Å². The van der Waals surface area contributed by atoms with Crippen LogP contribution in [0.5, 0.6) is 11.8 Å². The van der Waals surface area contributed by atoms with E-state index in [9.17, 15) is 9.90 Å². The molecule has 1 aromatic carbocycles. The largest absolute Gasteiger partial charge is 0.493 e. The van der Waals surface area contributed by atoms with Gasteiger partial charge >= 0.3 is 12.0 Å². The molecule has 1 aliphatic rings. The lowest BCUT2D eigenvalue weighted by atomic mass is 9.96. The van der Waals surface area contributed by atoms with Crippen molar-refractivity contribution in [1.82, 2.24) is 24.7 Å². The Morgan fingerprint density at radius 2 is 1.94 bits per heavy atom. The Hall–Kier alpha value is -4.01. The SMILES string of the molecule is COc1ncc(C(CC(=O)O)n2ncc3cc(OCCc4ccc5c(n4)CCCC5)ccc32)cn1. The number of hydrogen-bond donors (Lipinski definition) is 1. The molecule has 5 rings (SSSR count). The maximum absolute atomic E-state index is 11.6. The zero-order chi connectivity index (χ0) is 24.2. The number of benzene rings is 1. The van der Waals surface area contributed by atoms with Gasteiger partial charge in [0.2, 0.25) is 0 Å². The summed E-state index contributed by atoms with van der Waals surface area (Å²) in [7, 11) is 1.48. The summed E-state index contributed by atoms with van der Waals surface area (Å²) in [4.78, 5) is 24.6. The summed E-state index contributed by atoms with van der Waals surface area (Å²) in [6.07, 6.45) is 10.1. The lowest BCUT2D eigenvalue weighted by Gasteiger charge is -2.17. The fraction of sp³-hybridized carbons (Fsp3) is 0.346. The highest BCUT2D eigenvalue weighted by Crippen LogP contribution is 2.28.